The fourth-order valence-electron chi connectivity index (χ4n) is 1.82. The molecule has 0 atom stereocenters. The van der Waals surface area contributed by atoms with Gasteiger partial charge in [-0.1, -0.05) is 12.1 Å². The maximum absolute atomic E-state index is 13.5. The highest BCUT2D eigenvalue weighted by atomic mass is 19.4. The van der Waals surface area contributed by atoms with E-state index in [1.165, 1.54) is 25.1 Å². The molecule has 22 heavy (non-hydrogen) atoms. The summed E-state index contributed by atoms with van der Waals surface area (Å²) in [5.41, 5.74) is -1.93. The normalized spacial score (nSPS) is 11.3. The van der Waals surface area contributed by atoms with Gasteiger partial charge in [-0.25, -0.2) is 9.18 Å². The lowest BCUT2D eigenvalue weighted by Gasteiger charge is -2.06. The van der Waals surface area contributed by atoms with Crippen LogP contribution in [0.4, 0.5) is 29.1 Å². The van der Waals surface area contributed by atoms with Gasteiger partial charge >= 0.3 is 12.1 Å². The van der Waals surface area contributed by atoms with Gasteiger partial charge < -0.3 is 15.0 Å². The number of aromatic amines is 1. The van der Waals surface area contributed by atoms with Crippen molar-refractivity contribution in [2.45, 2.75) is 13.1 Å². The SMILES string of the molecule is CCOC(=O)c1[nH]c(Nc2ccccc2F)cc1C(F)(F)F. The molecule has 1 aromatic heterocycles. The third-order valence-corrected chi connectivity index (χ3v) is 2.75. The molecule has 2 rings (SSSR count). The van der Waals surface area contributed by atoms with E-state index in [0.717, 1.165) is 6.07 Å². The number of anilines is 2. The third-order valence-electron chi connectivity index (χ3n) is 2.75. The van der Waals surface area contributed by atoms with Crippen molar-refractivity contribution in [2.75, 3.05) is 11.9 Å². The summed E-state index contributed by atoms with van der Waals surface area (Å²) in [5, 5.41) is 2.46. The molecule has 0 saturated carbocycles. The smallest absolute Gasteiger partial charge is 0.418 e. The van der Waals surface area contributed by atoms with Crippen molar-refractivity contribution in [3.05, 3.63) is 47.4 Å². The number of carbonyl (C=O) groups is 1. The van der Waals surface area contributed by atoms with E-state index in [1.807, 2.05) is 0 Å². The fourth-order valence-corrected chi connectivity index (χ4v) is 1.82. The highest BCUT2D eigenvalue weighted by Crippen LogP contribution is 2.35. The minimum absolute atomic E-state index is 0.0205. The van der Waals surface area contributed by atoms with E-state index in [4.69, 9.17) is 0 Å². The zero-order valence-electron chi connectivity index (χ0n) is 11.4. The van der Waals surface area contributed by atoms with Crippen molar-refractivity contribution in [3.8, 4) is 0 Å². The zero-order valence-corrected chi connectivity index (χ0v) is 11.4. The van der Waals surface area contributed by atoms with E-state index in [-0.39, 0.29) is 18.1 Å². The Morgan fingerprint density at radius 3 is 2.59 bits per heavy atom. The molecule has 0 unspecified atom stereocenters. The predicted octanol–water partition coefficient (Wildman–Crippen LogP) is 4.09. The van der Waals surface area contributed by atoms with E-state index in [2.05, 4.69) is 15.0 Å². The van der Waals surface area contributed by atoms with Gasteiger partial charge in [-0.15, -0.1) is 0 Å². The highest BCUT2D eigenvalue weighted by molar-refractivity contribution is 5.90. The second kappa shape index (κ2) is 6.08. The van der Waals surface area contributed by atoms with Crippen LogP contribution < -0.4 is 5.32 Å². The van der Waals surface area contributed by atoms with E-state index >= 15 is 0 Å². The van der Waals surface area contributed by atoms with Gasteiger partial charge in [-0.2, -0.15) is 13.2 Å². The number of ether oxygens (including phenoxy) is 1. The van der Waals surface area contributed by atoms with Crippen LogP contribution in [-0.2, 0) is 10.9 Å². The number of aromatic nitrogens is 1. The van der Waals surface area contributed by atoms with Crippen molar-refractivity contribution in [1.82, 2.24) is 4.98 Å². The van der Waals surface area contributed by atoms with E-state index in [0.29, 0.717) is 6.07 Å². The maximum Gasteiger partial charge on any atom is 0.418 e. The number of benzene rings is 1. The molecule has 0 bridgehead atoms. The van der Waals surface area contributed by atoms with Gasteiger partial charge in [0.15, 0.2) is 0 Å². The number of halogens is 4. The van der Waals surface area contributed by atoms with Gasteiger partial charge in [0, 0.05) is 0 Å². The van der Waals surface area contributed by atoms with E-state index in [9.17, 15) is 22.4 Å². The standard InChI is InChI=1S/C14H12F4N2O2/c1-2-22-13(21)12-8(14(16,17)18)7-11(20-12)19-10-6-4-3-5-9(10)15/h3-7,19-20H,2H2,1H3. The number of carbonyl (C=O) groups excluding carboxylic acids is 1. The molecule has 0 aliphatic carbocycles. The lowest BCUT2D eigenvalue weighted by Crippen LogP contribution is -2.13. The van der Waals surface area contributed by atoms with Crippen LogP contribution in [0.2, 0.25) is 0 Å². The van der Waals surface area contributed by atoms with Crippen LogP contribution in [0.5, 0.6) is 0 Å². The highest BCUT2D eigenvalue weighted by Gasteiger charge is 2.38. The summed E-state index contributed by atoms with van der Waals surface area (Å²) in [5.74, 6) is -1.93. The molecule has 0 fully saturated rings. The minimum Gasteiger partial charge on any atom is -0.461 e. The zero-order chi connectivity index (χ0) is 16.3. The lowest BCUT2D eigenvalue weighted by atomic mass is 10.2. The molecule has 2 N–H and O–H groups in total. The van der Waals surface area contributed by atoms with Crippen LogP contribution in [0.15, 0.2) is 30.3 Å². The Kier molecular flexibility index (Phi) is 4.39. The van der Waals surface area contributed by atoms with Gasteiger partial charge in [0.05, 0.1) is 17.9 Å². The summed E-state index contributed by atoms with van der Waals surface area (Å²) in [7, 11) is 0. The number of H-pyrrole nitrogens is 1. The minimum atomic E-state index is -4.74. The monoisotopic (exact) mass is 316 g/mol. The molecular weight excluding hydrogens is 304 g/mol. The van der Waals surface area contributed by atoms with Gasteiger partial charge in [-0.3, -0.25) is 0 Å². The Labute approximate surface area is 123 Å². The molecule has 4 nitrogen and oxygen atoms in total. The molecule has 2 aromatic rings. The Hall–Kier alpha value is -2.51. The van der Waals surface area contributed by atoms with Crippen LogP contribution in [0.1, 0.15) is 23.0 Å². The first kappa shape index (κ1) is 15.9. The molecule has 0 aliphatic rings. The van der Waals surface area contributed by atoms with Crippen molar-refractivity contribution in [3.63, 3.8) is 0 Å². The molecule has 8 heteroatoms. The van der Waals surface area contributed by atoms with Gasteiger partial charge in [-0.05, 0) is 25.1 Å². The van der Waals surface area contributed by atoms with Crippen LogP contribution in [0.3, 0.4) is 0 Å². The Morgan fingerprint density at radius 1 is 1.32 bits per heavy atom. The second-order valence-electron chi connectivity index (χ2n) is 4.29. The van der Waals surface area contributed by atoms with Crippen LogP contribution >= 0.6 is 0 Å². The van der Waals surface area contributed by atoms with Gasteiger partial charge in [0.25, 0.3) is 0 Å². The summed E-state index contributed by atoms with van der Waals surface area (Å²) < 4.78 is 56.9. The van der Waals surface area contributed by atoms with Crippen LogP contribution in [0, 0.1) is 5.82 Å². The van der Waals surface area contributed by atoms with Crippen molar-refractivity contribution in [1.29, 1.82) is 0 Å². The molecule has 118 valence electrons. The van der Waals surface area contributed by atoms with Gasteiger partial charge in [0.1, 0.15) is 17.3 Å². The fraction of sp³-hybridized carbons (Fsp3) is 0.214. The predicted molar refractivity (Wildman–Crippen MR) is 71.4 cm³/mol. The van der Waals surface area contributed by atoms with E-state index < -0.39 is 29.2 Å². The number of esters is 1. The summed E-state index contributed by atoms with van der Waals surface area (Å²) in [6.45, 7) is 1.41. The largest absolute Gasteiger partial charge is 0.461 e. The molecular formula is C14H12F4N2O2. The Balaban J connectivity index is 2.38. The lowest BCUT2D eigenvalue weighted by molar-refractivity contribution is -0.138. The average Bonchev–Trinajstić information content (AvgIpc) is 2.86. The first-order valence-corrected chi connectivity index (χ1v) is 6.31. The van der Waals surface area contributed by atoms with E-state index in [1.54, 1.807) is 0 Å². The maximum atomic E-state index is 13.5. The number of hydrogen-bond donors (Lipinski definition) is 2. The van der Waals surface area contributed by atoms with Crippen LogP contribution in [0.25, 0.3) is 0 Å². The molecule has 1 aromatic carbocycles. The van der Waals surface area contributed by atoms with Gasteiger partial charge in [0.2, 0.25) is 0 Å². The van der Waals surface area contributed by atoms with Crippen LogP contribution in [-0.4, -0.2) is 17.6 Å². The molecule has 0 aliphatic heterocycles. The first-order chi connectivity index (χ1) is 10.3. The van der Waals surface area contributed by atoms with Crippen molar-refractivity contribution >= 4 is 17.5 Å². The average molecular weight is 316 g/mol. The molecule has 1 heterocycles. The number of hydrogen-bond acceptors (Lipinski definition) is 3. The summed E-state index contributed by atoms with van der Waals surface area (Å²) in [6.07, 6.45) is -4.74. The number of para-hydroxylation sites is 1. The first-order valence-electron chi connectivity index (χ1n) is 6.31. The third kappa shape index (κ3) is 3.38. The topological polar surface area (TPSA) is 54.1 Å². The summed E-state index contributed by atoms with van der Waals surface area (Å²) in [4.78, 5) is 13.9. The summed E-state index contributed by atoms with van der Waals surface area (Å²) >= 11 is 0. The molecule has 0 spiro atoms. The van der Waals surface area contributed by atoms with Crippen molar-refractivity contribution < 1.29 is 27.1 Å². The molecule has 0 amide bonds. The number of rotatable bonds is 4. The molecule has 0 radical (unpaired) electrons. The number of alkyl halides is 3. The van der Waals surface area contributed by atoms with Crippen molar-refractivity contribution in [2.24, 2.45) is 0 Å². The quantitative estimate of drug-likeness (QED) is 0.660. The molecule has 0 saturated heterocycles. The number of nitrogens with one attached hydrogen (secondary N) is 2. The second-order valence-corrected chi connectivity index (χ2v) is 4.29. The Bertz CT molecular complexity index is 680. The Morgan fingerprint density at radius 2 is 2.00 bits per heavy atom. The summed E-state index contributed by atoms with van der Waals surface area (Å²) in [6, 6.07) is 6.17.